The second-order valence-electron chi connectivity index (χ2n) is 9.86. The molecule has 2 aliphatic carbocycles. The van der Waals surface area contributed by atoms with Crippen LogP contribution in [-0.4, -0.2) is 33.9 Å². The molecule has 6 rings (SSSR count). The molecular weight excluding hydrogens is 521 g/mol. The molecule has 194 valence electrons. The summed E-state index contributed by atoms with van der Waals surface area (Å²) in [6, 6.07) is 20.6. The molecule has 1 heterocycles. The molecule has 1 aromatic heterocycles. The van der Waals surface area contributed by atoms with E-state index in [1.54, 1.807) is 19.2 Å². The zero-order chi connectivity index (χ0) is 26.4. The Labute approximate surface area is 231 Å². The van der Waals surface area contributed by atoms with Gasteiger partial charge in [0.1, 0.15) is 5.75 Å². The number of amides is 1. The first-order valence-corrected chi connectivity index (χ1v) is 13.5. The average molecular weight is 548 g/mol. The summed E-state index contributed by atoms with van der Waals surface area (Å²) in [5.74, 6) is 0.210. The van der Waals surface area contributed by atoms with Crippen LogP contribution in [0.3, 0.4) is 0 Å². The Hall–Kier alpha value is -3.32. The van der Waals surface area contributed by atoms with Crippen molar-refractivity contribution >= 4 is 29.1 Å². The molecule has 1 unspecified atom stereocenters. The van der Waals surface area contributed by atoms with Crippen LogP contribution < -0.4 is 10.1 Å². The molecule has 8 heteroatoms. The SMILES string of the molecule is COc1ccc(-c2c3c(nn2-c2ccc(Cl)cc2Cl)C(C(=O)N[C@H]2Cc4ccccc4[C@H]2O)CCC3)cc1. The van der Waals surface area contributed by atoms with E-state index in [2.05, 4.69) is 5.32 Å². The first kappa shape index (κ1) is 25.0. The van der Waals surface area contributed by atoms with Crippen LogP contribution >= 0.6 is 23.2 Å². The number of hydrogen-bond acceptors (Lipinski definition) is 4. The van der Waals surface area contributed by atoms with Gasteiger partial charge < -0.3 is 15.2 Å². The smallest absolute Gasteiger partial charge is 0.229 e. The summed E-state index contributed by atoms with van der Waals surface area (Å²) in [6.07, 6.45) is 2.21. The van der Waals surface area contributed by atoms with E-state index in [9.17, 15) is 9.90 Å². The van der Waals surface area contributed by atoms with Crippen molar-refractivity contribution in [2.24, 2.45) is 0 Å². The van der Waals surface area contributed by atoms with Crippen molar-refractivity contribution in [3.63, 3.8) is 0 Å². The van der Waals surface area contributed by atoms with E-state index in [1.165, 1.54) is 0 Å². The number of carbonyl (C=O) groups is 1. The zero-order valence-electron chi connectivity index (χ0n) is 20.8. The second-order valence-corrected chi connectivity index (χ2v) is 10.7. The minimum absolute atomic E-state index is 0.115. The highest BCUT2D eigenvalue weighted by molar-refractivity contribution is 6.35. The first-order chi connectivity index (χ1) is 18.4. The number of carbonyl (C=O) groups excluding carboxylic acids is 1. The highest BCUT2D eigenvalue weighted by atomic mass is 35.5. The van der Waals surface area contributed by atoms with Gasteiger partial charge in [0.15, 0.2) is 0 Å². The van der Waals surface area contributed by atoms with Crippen LogP contribution in [0.1, 0.15) is 47.2 Å². The predicted molar refractivity (Wildman–Crippen MR) is 148 cm³/mol. The maximum Gasteiger partial charge on any atom is 0.229 e. The van der Waals surface area contributed by atoms with Crippen molar-refractivity contribution in [1.29, 1.82) is 0 Å². The molecule has 3 atom stereocenters. The lowest BCUT2D eigenvalue weighted by atomic mass is 9.85. The lowest BCUT2D eigenvalue weighted by molar-refractivity contribution is -0.124. The summed E-state index contributed by atoms with van der Waals surface area (Å²) in [5, 5.41) is 20.0. The Morgan fingerprint density at radius 1 is 1.11 bits per heavy atom. The number of nitrogens with zero attached hydrogens (tertiary/aromatic N) is 2. The van der Waals surface area contributed by atoms with Gasteiger partial charge in [-0.1, -0.05) is 47.5 Å². The van der Waals surface area contributed by atoms with Crippen molar-refractivity contribution in [3.05, 3.63) is 99.2 Å². The molecule has 0 fully saturated rings. The highest BCUT2D eigenvalue weighted by Crippen LogP contribution is 2.41. The van der Waals surface area contributed by atoms with Gasteiger partial charge in [-0.25, -0.2) is 4.68 Å². The maximum absolute atomic E-state index is 13.7. The number of halogens is 2. The Balaban J connectivity index is 1.39. The molecule has 38 heavy (non-hydrogen) atoms. The third-order valence-electron chi connectivity index (χ3n) is 7.60. The standard InChI is InChI=1S/C30H27Cl2N3O3/c1-38-20-12-9-17(10-13-20)28-22-7-4-8-23(27(22)34-35(28)26-14-11-19(31)16-24(26)32)30(37)33-25-15-18-5-2-3-6-21(18)29(25)36/h2-3,5-6,9-14,16,23,25,29,36H,4,7-8,15H2,1H3,(H,33,37)/t23?,25-,29+/m0/s1. The van der Waals surface area contributed by atoms with Gasteiger partial charge >= 0.3 is 0 Å². The van der Waals surface area contributed by atoms with Crippen LogP contribution in [0.2, 0.25) is 10.0 Å². The summed E-state index contributed by atoms with van der Waals surface area (Å²) in [6.45, 7) is 0. The second kappa shape index (κ2) is 10.1. The molecule has 0 saturated heterocycles. The molecule has 1 amide bonds. The van der Waals surface area contributed by atoms with Crippen LogP contribution in [-0.2, 0) is 17.6 Å². The first-order valence-electron chi connectivity index (χ1n) is 12.7. The van der Waals surface area contributed by atoms with Gasteiger partial charge in [0.25, 0.3) is 0 Å². The lowest BCUT2D eigenvalue weighted by Crippen LogP contribution is -2.41. The topological polar surface area (TPSA) is 76.4 Å². The van der Waals surface area contributed by atoms with E-state index >= 15 is 0 Å². The number of fused-ring (bicyclic) bond motifs is 2. The third-order valence-corrected chi connectivity index (χ3v) is 8.14. The van der Waals surface area contributed by atoms with Gasteiger partial charge in [-0.3, -0.25) is 4.79 Å². The maximum atomic E-state index is 13.7. The molecule has 0 spiro atoms. The molecule has 0 radical (unpaired) electrons. The van der Waals surface area contributed by atoms with E-state index in [1.807, 2.05) is 59.3 Å². The lowest BCUT2D eigenvalue weighted by Gasteiger charge is -2.24. The monoisotopic (exact) mass is 547 g/mol. The molecule has 2 aliphatic rings. The highest BCUT2D eigenvalue weighted by Gasteiger charge is 2.37. The zero-order valence-corrected chi connectivity index (χ0v) is 22.3. The van der Waals surface area contributed by atoms with Crippen LogP contribution in [0.25, 0.3) is 16.9 Å². The fourth-order valence-corrected chi connectivity index (χ4v) is 6.22. The minimum atomic E-state index is -0.724. The molecular formula is C30H27Cl2N3O3. The van der Waals surface area contributed by atoms with Crippen LogP contribution in [0.4, 0.5) is 0 Å². The van der Waals surface area contributed by atoms with Crippen LogP contribution in [0.15, 0.2) is 66.7 Å². The third kappa shape index (κ3) is 4.37. The number of nitrogens with one attached hydrogen (secondary N) is 1. The Bertz CT molecular complexity index is 1520. The molecule has 4 aromatic rings. The van der Waals surface area contributed by atoms with Crippen LogP contribution in [0, 0.1) is 0 Å². The van der Waals surface area contributed by atoms with Crippen molar-refractivity contribution in [2.45, 2.75) is 43.7 Å². The van der Waals surface area contributed by atoms with Gasteiger partial charge in [0.2, 0.25) is 5.91 Å². The molecule has 0 aliphatic heterocycles. The average Bonchev–Trinajstić information content (AvgIpc) is 3.46. The summed E-state index contributed by atoms with van der Waals surface area (Å²) in [4.78, 5) is 13.7. The van der Waals surface area contributed by atoms with E-state index in [0.717, 1.165) is 52.2 Å². The van der Waals surface area contributed by atoms with Crippen molar-refractivity contribution in [1.82, 2.24) is 15.1 Å². The molecule has 0 saturated carbocycles. The van der Waals surface area contributed by atoms with Gasteiger partial charge in [-0.15, -0.1) is 0 Å². The van der Waals surface area contributed by atoms with Crippen LogP contribution in [0.5, 0.6) is 5.75 Å². The number of methoxy groups -OCH3 is 1. The van der Waals surface area contributed by atoms with E-state index in [0.29, 0.717) is 28.6 Å². The predicted octanol–water partition coefficient (Wildman–Crippen LogP) is 6.05. The van der Waals surface area contributed by atoms with Gasteiger partial charge in [-0.05, 0) is 79.3 Å². The number of rotatable bonds is 5. The minimum Gasteiger partial charge on any atom is -0.497 e. The number of aromatic nitrogens is 2. The Morgan fingerprint density at radius 3 is 2.63 bits per heavy atom. The van der Waals surface area contributed by atoms with Gasteiger partial charge in [-0.2, -0.15) is 5.10 Å². The molecule has 0 bridgehead atoms. The summed E-state index contributed by atoms with van der Waals surface area (Å²) in [7, 11) is 1.64. The molecule has 3 aromatic carbocycles. The van der Waals surface area contributed by atoms with Gasteiger partial charge in [0, 0.05) is 16.1 Å². The number of aliphatic hydroxyl groups excluding tert-OH is 1. The summed E-state index contributed by atoms with van der Waals surface area (Å²) in [5.41, 5.74) is 6.27. The quantitative estimate of drug-likeness (QED) is 0.319. The Morgan fingerprint density at radius 2 is 1.89 bits per heavy atom. The van der Waals surface area contributed by atoms with E-state index < -0.39 is 12.0 Å². The molecule has 6 nitrogen and oxygen atoms in total. The fraction of sp³-hybridized carbons (Fsp3) is 0.267. The van der Waals surface area contributed by atoms with Crippen molar-refractivity contribution < 1.29 is 14.6 Å². The van der Waals surface area contributed by atoms with E-state index in [4.69, 9.17) is 33.0 Å². The van der Waals surface area contributed by atoms with Crippen molar-refractivity contribution in [2.75, 3.05) is 7.11 Å². The fourth-order valence-electron chi connectivity index (χ4n) is 5.73. The number of ether oxygens (including phenoxy) is 1. The molecule has 2 N–H and O–H groups in total. The normalized spacial score (nSPS) is 20.1. The van der Waals surface area contributed by atoms with Gasteiger partial charge in [0.05, 0.1) is 47.3 Å². The number of hydrogen-bond donors (Lipinski definition) is 2. The van der Waals surface area contributed by atoms with E-state index in [-0.39, 0.29) is 11.9 Å². The van der Waals surface area contributed by atoms with Crippen molar-refractivity contribution in [3.8, 4) is 22.7 Å². The largest absolute Gasteiger partial charge is 0.497 e. The Kier molecular flexibility index (Phi) is 6.64. The number of aliphatic hydroxyl groups is 1. The summed E-state index contributed by atoms with van der Waals surface area (Å²) < 4.78 is 7.19. The number of benzene rings is 3. The summed E-state index contributed by atoms with van der Waals surface area (Å²) >= 11 is 12.8.